The number of hydrogen-bond acceptors (Lipinski definition) is 11. The van der Waals surface area contributed by atoms with Crippen LogP contribution in [0.4, 0.5) is 0 Å². The lowest BCUT2D eigenvalue weighted by atomic mass is 9.80. The molecule has 7 heterocycles. The highest BCUT2D eigenvalue weighted by Gasteiger charge is 2.52. The Kier molecular flexibility index (Phi) is 14.0. The van der Waals surface area contributed by atoms with Crippen molar-refractivity contribution in [1.82, 2.24) is 38.7 Å². The van der Waals surface area contributed by atoms with Crippen molar-refractivity contribution in [2.24, 2.45) is 14.1 Å². The molecule has 0 atom stereocenters. The topological polar surface area (TPSA) is 169 Å². The molecule has 3 N–H and O–H groups in total. The van der Waals surface area contributed by atoms with Crippen molar-refractivity contribution < 1.29 is 34.4 Å². The summed E-state index contributed by atoms with van der Waals surface area (Å²) in [5.74, 6) is 0.157. The van der Waals surface area contributed by atoms with Crippen LogP contribution < -0.4 is 5.46 Å². The van der Waals surface area contributed by atoms with Crippen molar-refractivity contribution in [3.05, 3.63) is 61.7 Å². The van der Waals surface area contributed by atoms with Gasteiger partial charge in [0.25, 0.3) is 0 Å². The van der Waals surface area contributed by atoms with Crippen molar-refractivity contribution >= 4 is 50.8 Å². The number of hydrogen-bond donors (Lipinski definition) is 3. The van der Waals surface area contributed by atoms with Gasteiger partial charge in [0.1, 0.15) is 30.5 Å². The molecule has 6 aromatic rings. The Hall–Kier alpha value is -4.14. The van der Waals surface area contributed by atoms with Crippen molar-refractivity contribution in [2.75, 3.05) is 13.2 Å². The Morgan fingerprint density at radius 3 is 1.50 bits per heavy atom. The summed E-state index contributed by atoms with van der Waals surface area (Å²) in [5.41, 5.74) is 5.93. The zero-order valence-corrected chi connectivity index (χ0v) is 38.1. The minimum Gasteiger partial charge on any atom is -0.506 e. The zero-order chi connectivity index (χ0) is 42.6. The number of pyridine rings is 2. The lowest BCUT2D eigenvalue weighted by Gasteiger charge is -2.32. The van der Waals surface area contributed by atoms with Crippen LogP contribution in [0.1, 0.15) is 27.7 Å². The van der Waals surface area contributed by atoms with Gasteiger partial charge in [-0.15, -0.1) is 0 Å². The summed E-state index contributed by atoms with van der Waals surface area (Å²) in [5, 5.41) is 32.3. The molecule has 314 valence electrons. The minimum absolute atomic E-state index is 0.157. The molecule has 0 amide bonds. The number of aromatic hydroxyl groups is 1. The Balaban J connectivity index is 0.000000220. The van der Waals surface area contributed by atoms with Gasteiger partial charge < -0.3 is 33.0 Å². The van der Waals surface area contributed by atoms with E-state index in [0.29, 0.717) is 13.5 Å². The normalized spacial score (nSPS) is 15.1. The van der Waals surface area contributed by atoms with Crippen LogP contribution in [0.2, 0.25) is 51.4 Å². The summed E-state index contributed by atoms with van der Waals surface area (Å²) in [7, 11) is 1.14. The average molecular weight is 833 g/mol. The number of nitrogens with zero attached hydrogens (tertiary/aromatic N) is 8. The number of aryl methyl sites for hydroxylation is 2. The Labute approximate surface area is 343 Å². The highest BCUT2D eigenvalue weighted by Crippen LogP contribution is 2.37. The monoisotopic (exact) mass is 832 g/mol. The quantitative estimate of drug-likeness (QED) is 0.0456. The van der Waals surface area contributed by atoms with Crippen LogP contribution >= 0.6 is 0 Å². The number of ether oxygens (including phenoxy) is 2. The third kappa shape index (κ3) is 10.9. The minimum atomic E-state index is -1.13. The van der Waals surface area contributed by atoms with Crippen molar-refractivity contribution in [3.8, 4) is 28.0 Å². The molecule has 7 rings (SSSR count). The van der Waals surface area contributed by atoms with E-state index in [9.17, 15) is 5.11 Å². The molecule has 1 saturated heterocycles. The van der Waals surface area contributed by atoms with Crippen LogP contribution in [0.5, 0.6) is 5.75 Å². The van der Waals surface area contributed by atoms with Crippen molar-refractivity contribution in [3.63, 3.8) is 0 Å². The van der Waals surface area contributed by atoms with Crippen LogP contribution in [0.3, 0.4) is 0 Å². The van der Waals surface area contributed by atoms with Gasteiger partial charge in [0, 0.05) is 113 Å². The predicted octanol–water partition coefficient (Wildman–Crippen LogP) is 7.52. The first-order chi connectivity index (χ1) is 27.2. The first-order valence-corrected chi connectivity index (χ1v) is 27.0. The van der Waals surface area contributed by atoms with Crippen LogP contribution in [-0.4, -0.2) is 102 Å². The fraction of sp³-hybridized carbons (Fsp3) is 0.500. The van der Waals surface area contributed by atoms with E-state index in [4.69, 9.17) is 34.3 Å². The third-order valence-corrected chi connectivity index (χ3v) is 13.9. The Morgan fingerprint density at radius 1 is 0.655 bits per heavy atom. The molecule has 0 unspecified atom stereocenters. The maximum Gasteiger partial charge on any atom is 0.496 e. The first kappa shape index (κ1) is 45.0. The molecule has 15 nitrogen and oxygen atoms in total. The number of fused-ring (bicyclic) bond motifs is 2. The molecule has 6 aromatic heterocycles. The maximum absolute atomic E-state index is 9.80. The highest BCUT2D eigenvalue weighted by atomic mass is 28.3. The summed E-state index contributed by atoms with van der Waals surface area (Å²) < 4.78 is 32.1. The van der Waals surface area contributed by atoms with Gasteiger partial charge in [-0.05, 0) is 51.9 Å². The summed E-state index contributed by atoms with van der Waals surface area (Å²) in [6.45, 7) is 24.8. The van der Waals surface area contributed by atoms with E-state index in [2.05, 4.69) is 99.0 Å². The van der Waals surface area contributed by atoms with Gasteiger partial charge >= 0.3 is 7.12 Å². The van der Waals surface area contributed by atoms with Crippen LogP contribution in [0, 0.1) is 0 Å². The molecule has 0 aliphatic carbocycles. The van der Waals surface area contributed by atoms with Crippen molar-refractivity contribution in [1.29, 1.82) is 0 Å². The van der Waals surface area contributed by atoms with Gasteiger partial charge in [-0.25, -0.2) is 9.97 Å². The summed E-state index contributed by atoms with van der Waals surface area (Å²) in [4.78, 5) is 9.18. The molecule has 18 heteroatoms. The van der Waals surface area contributed by atoms with Gasteiger partial charge in [0.15, 0.2) is 0 Å². The standard InChI is InChI=1S/C23H35BN4O3Si.C17H24N4O2Si.H2O2/c1-22(2)23(3,4)31-24(30-22)18-11-19-20(17-12-26-27(5)14-17)15-28(21(19)25-13-18)16-29-9-10-32(6,7)8;1-20-10-13(8-19-20)16-11-21(12-23-5-6-24(2,3)4)17-15(16)7-14(22)9-18-17;1-2/h11-15H,9-10,16H2,1-8H3;7-11,22H,5-6,12H2,1-4H3;1-2H. The maximum atomic E-state index is 9.80. The van der Waals surface area contributed by atoms with E-state index in [0.717, 1.165) is 75.1 Å². The van der Waals surface area contributed by atoms with Crippen LogP contribution in [0.25, 0.3) is 44.3 Å². The van der Waals surface area contributed by atoms with Gasteiger partial charge in [-0.3, -0.25) is 19.9 Å². The zero-order valence-electron chi connectivity index (χ0n) is 36.1. The number of aromatic nitrogens is 8. The van der Waals surface area contributed by atoms with Gasteiger partial charge in [0.05, 0.1) is 29.8 Å². The van der Waals surface area contributed by atoms with Crippen LogP contribution in [-0.2, 0) is 46.3 Å². The fourth-order valence-corrected chi connectivity index (χ4v) is 7.83. The Morgan fingerprint density at radius 2 is 1.09 bits per heavy atom. The lowest BCUT2D eigenvalue weighted by molar-refractivity contribution is -0.176. The van der Waals surface area contributed by atoms with Gasteiger partial charge in [-0.1, -0.05) is 39.3 Å². The van der Waals surface area contributed by atoms with E-state index < -0.39 is 34.5 Å². The second-order valence-electron chi connectivity index (χ2n) is 18.3. The average Bonchev–Trinajstić information content (AvgIpc) is 3.96. The molecule has 1 aliphatic heterocycles. The number of rotatable bonds is 13. The molecular formula is C40H61BN8O7Si2. The molecule has 1 fully saturated rings. The summed E-state index contributed by atoms with van der Waals surface area (Å²) >= 11 is 0. The fourth-order valence-electron chi connectivity index (χ4n) is 6.32. The third-order valence-electron chi connectivity index (χ3n) is 10.4. The van der Waals surface area contributed by atoms with E-state index in [1.54, 1.807) is 10.7 Å². The highest BCUT2D eigenvalue weighted by molar-refractivity contribution is 6.76. The first-order valence-electron chi connectivity index (χ1n) is 19.6. The van der Waals surface area contributed by atoms with E-state index in [1.807, 2.05) is 60.5 Å². The Bertz CT molecular complexity index is 2270. The second-order valence-corrected chi connectivity index (χ2v) is 29.6. The predicted molar refractivity (Wildman–Crippen MR) is 235 cm³/mol. The van der Waals surface area contributed by atoms with E-state index in [1.165, 1.54) is 6.20 Å². The molecular weight excluding hydrogens is 771 g/mol. The SMILES string of the molecule is Cn1cc(-c2cn(COCC[Si](C)(C)C)c3ncc(B4OC(C)(C)C(C)(C)O4)cc23)cn1.Cn1cc(-c2cn(COCC[Si](C)(C)C)c3ncc(O)cc23)cn1.OO. The van der Waals surface area contributed by atoms with E-state index >= 15 is 0 Å². The molecule has 0 aromatic carbocycles. The molecule has 0 bridgehead atoms. The van der Waals surface area contributed by atoms with Crippen LogP contribution in [0.15, 0.2) is 61.7 Å². The molecule has 1 aliphatic rings. The summed E-state index contributed by atoms with van der Waals surface area (Å²) in [6, 6.07) is 6.14. The second kappa shape index (κ2) is 18.0. The molecule has 0 saturated carbocycles. The lowest BCUT2D eigenvalue weighted by Crippen LogP contribution is -2.41. The largest absolute Gasteiger partial charge is 0.506 e. The summed E-state index contributed by atoms with van der Waals surface area (Å²) in [6.07, 6.45) is 15.1. The van der Waals surface area contributed by atoms with Crippen molar-refractivity contribution in [2.45, 2.75) is 104 Å². The smallest absolute Gasteiger partial charge is 0.496 e. The van der Waals surface area contributed by atoms with E-state index in [-0.39, 0.29) is 5.75 Å². The molecule has 0 spiro atoms. The molecule has 58 heavy (non-hydrogen) atoms. The molecule has 0 radical (unpaired) electrons. The van der Waals surface area contributed by atoms with Gasteiger partial charge in [-0.2, -0.15) is 10.2 Å². The van der Waals surface area contributed by atoms with Gasteiger partial charge in [0.2, 0.25) is 0 Å².